The number of fused-ring (bicyclic) bond motifs is 1. The van der Waals surface area contributed by atoms with Crippen molar-refractivity contribution in [3.63, 3.8) is 0 Å². The number of pyridine rings is 1. The molecule has 0 atom stereocenters. The third-order valence-corrected chi connectivity index (χ3v) is 10.7. The first-order valence-electron chi connectivity index (χ1n) is 12.6. The molecule has 0 bridgehead atoms. The minimum Gasteiger partial charge on any atom is -0.279 e. The summed E-state index contributed by atoms with van der Waals surface area (Å²) >= 11 is 3.12. The van der Waals surface area contributed by atoms with Gasteiger partial charge < -0.3 is 0 Å². The molecule has 0 aliphatic heterocycles. The molecule has 198 valence electrons. The molecule has 10 heteroatoms. The van der Waals surface area contributed by atoms with Gasteiger partial charge in [0.2, 0.25) is 10.0 Å². The van der Waals surface area contributed by atoms with E-state index in [1.807, 2.05) is 30.5 Å². The van der Waals surface area contributed by atoms with Gasteiger partial charge in [0.05, 0.1) is 21.7 Å². The molecule has 0 N–H and O–H groups in total. The van der Waals surface area contributed by atoms with Crippen LogP contribution in [0.2, 0.25) is 0 Å². The fraction of sp³-hybridized carbons (Fsp3) is 0.321. The van der Waals surface area contributed by atoms with E-state index in [4.69, 9.17) is 4.98 Å². The van der Waals surface area contributed by atoms with Crippen molar-refractivity contribution in [2.45, 2.75) is 54.5 Å². The number of carbonyl (C=O) groups excluding carboxylic acids is 1. The van der Waals surface area contributed by atoms with Crippen molar-refractivity contribution in [3.8, 4) is 0 Å². The second kappa shape index (κ2) is 11.5. The van der Waals surface area contributed by atoms with E-state index in [-0.39, 0.29) is 16.8 Å². The minimum atomic E-state index is -3.64. The summed E-state index contributed by atoms with van der Waals surface area (Å²) in [5.41, 5.74) is 2.11. The number of sulfonamides is 1. The first-order valence-corrected chi connectivity index (χ1v) is 16.1. The number of anilines is 1. The standard InChI is InChI=1S/C28H30N4O3S3/c1-31(22-8-4-3-5-9-22)38(34,35)24-13-10-21(11-14-24)27(33)32(19-20-7-6-16-29-18-20)28-30-25-15-12-23(36-2)17-26(25)37-28/h6-7,10-18,22H,3-5,8-9,19H2,1-2H3. The van der Waals surface area contributed by atoms with Gasteiger partial charge in [0.15, 0.2) is 5.13 Å². The zero-order valence-corrected chi connectivity index (χ0v) is 23.9. The number of benzene rings is 2. The first kappa shape index (κ1) is 26.8. The van der Waals surface area contributed by atoms with Gasteiger partial charge in [0.25, 0.3) is 5.91 Å². The first-order chi connectivity index (χ1) is 18.4. The highest BCUT2D eigenvalue weighted by Gasteiger charge is 2.29. The Morgan fingerprint density at radius 1 is 1.08 bits per heavy atom. The zero-order chi connectivity index (χ0) is 26.7. The molecule has 1 amide bonds. The molecule has 0 saturated heterocycles. The summed E-state index contributed by atoms with van der Waals surface area (Å²) in [6, 6.07) is 16.1. The van der Waals surface area contributed by atoms with Crippen molar-refractivity contribution in [1.82, 2.24) is 14.3 Å². The highest BCUT2D eigenvalue weighted by atomic mass is 32.2. The van der Waals surface area contributed by atoms with E-state index in [0.717, 1.165) is 52.8 Å². The summed E-state index contributed by atoms with van der Waals surface area (Å²) in [6.45, 7) is 0.298. The van der Waals surface area contributed by atoms with Crippen LogP contribution in [0.1, 0.15) is 48.0 Å². The normalized spacial score (nSPS) is 14.7. The molecular weight excluding hydrogens is 537 g/mol. The largest absolute Gasteiger partial charge is 0.279 e. The van der Waals surface area contributed by atoms with Crippen LogP contribution in [0, 0.1) is 0 Å². The maximum Gasteiger partial charge on any atom is 0.260 e. The molecule has 7 nitrogen and oxygen atoms in total. The number of hydrogen-bond donors (Lipinski definition) is 0. The number of aromatic nitrogens is 2. The van der Waals surface area contributed by atoms with Gasteiger partial charge in [-0.3, -0.25) is 14.7 Å². The lowest BCUT2D eigenvalue weighted by atomic mass is 9.96. The molecule has 2 aromatic carbocycles. The number of hydrogen-bond acceptors (Lipinski definition) is 7. The Bertz CT molecular complexity index is 1520. The third-order valence-electron chi connectivity index (χ3n) is 6.99. The summed E-state index contributed by atoms with van der Waals surface area (Å²) in [6.07, 6.45) is 10.5. The predicted molar refractivity (Wildman–Crippen MR) is 154 cm³/mol. The number of thiazole rings is 1. The van der Waals surface area contributed by atoms with Crippen LogP contribution >= 0.6 is 23.1 Å². The van der Waals surface area contributed by atoms with Crippen LogP contribution < -0.4 is 4.90 Å². The average molecular weight is 567 g/mol. The molecule has 4 aromatic rings. The molecule has 5 rings (SSSR count). The monoisotopic (exact) mass is 566 g/mol. The van der Waals surface area contributed by atoms with Crippen LogP contribution in [0.5, 0.6) is 0 Å². The molecule has 0 spiro atoms. The van der Waals surface area contributed by atoms with Crippen LogP contribution in [-0.4, -0.2) is 47.9 Å². The average Bonchev–Trinajstić information content (AvgIpc) is 3.39. The molecule has 1 saturated carbocycles. The number of rotatable bonds is 8. The van der Waals surface area contributed by atoms with Crippen LogP contribution in [0.15, 0.2) is 76.8 Å². The van der Waals surface area contributed by atoms with Gasteiger partial charge >= 0.3 is 0 Å². The van der Waals surface area contributed by atoms with Gasteiger partial charge in [-0.15, -0.1) is 11.8 Å². The highest BCUT2D eigenvalue weighted by Crippen LogP contribution is 2.33. The van der Waals surface area contributed by atoms with E-state index in [2.05, 4.69) is 11.1 Å². The van der Waals surface area contributed by atoms with Gasteiger partial charge in [-0.25, -0.2) is 13.4 Å². The maximum atomic E-state index is 13.8. The van der Waals surface area contributed by atoms with Crippen LogP contribution in [-0.2, 0) is 16.6 Å². The SMILES string of the molecule is CSc1ccc2nc(N(Cc3cccnc3)C(=O)c3ccc(S(=O)(=O)N(C)C4CCCCC4)cc3)sc2c1. The van der Waals surface area contributed by atoms with Gasteiger partial charge in [-0.1, -0.05) is 36.7 Å². The Hall–Kier alpha value is -2.79. The molecule has 0 radical (unpaired) electrons. The second-order valence-corrected chi connectivity index (χ2v) is 13.3. The van der Waals surface area contributed by atoms with Crippen molar-refractivity contribution in [1.29, 1.82) is 0 Å². The quantitative estimate of drug-likeness (QED) is 0.236. The Balaban J connectivity index is 1.44. The molecule has 38 heavy (non-hydrogen) atoms. The Kier molecular flexibility index (Phi) is 8.13. The predicted octanol–water partition coefficient (Wildman–Crippen LogP) is 6.21. The minimum absolute atomic E-state index is 0.0238. The highest BCUT2D eigenvalue weighted by molar-refractivity contribution is 7.98. The van der Waals surface area contributed by atoms with Gasteiger partial charge in [-0.05, 0) is 73.2 Å². The van der Waals surface area contributed by atoms with Crippen molar-refractivity contribution in [2.75, 3.05) is 18.2 Å². The topological polar surface area (TPSA) is 83.5 Å². The van der Waals surface area contributed by atoms with Crippen LogP contribution in [0.4, 0.5) is 5.13 Å². The van der Waals surface area contributed by atoms with E-state index in [9.17, 15) is 13.2 Å². The van der Waals surface area contributed by atoms with Gasteiger partial charge in [0.1, 0.15) is 0 Å². The van der Waals surface area contributed by atoms with Crippen molar-refractivity contribution < 1.29 is 13.2 Å². The number of carbonyl (C=O) groups is 1. The Labute approximate surface area is 232 Å². The fourth-order valence-electron chi connectivity index (χ4n) is 4.77. The fourth-order valence-corrected chi connectivity index (χ4v) is 7.70. The lowest BCUT2D eigenvalue weighted by molar-refractivity contribution is 0.0985. The Morgan fingerprint density at radius 3 is 2.53 bits per heavy atom. The lowest BCUT2D eigenvalue weighted by Gasteiger charge is -2.30. The van der Waals surface area contributed by atoms with E-state index in [1.54, 1.807) is 48.2 Å². The summed E-state index contributed by atoms with van der Waals surface area (Å²) < 4.78 is 29.1. The summed E-state index contributed by atoms with van der Waals surface area (Å²) in [5.74, 6) is -0.248. The van der Waals surface area contributed by atoms with Crippen molar-refractivity contribution in [3.05, 3.63) is 78.1 Å². The summed E-state index contributed by atoms with van der Waals surface area (Å²) in [4.78, 5) is 25.7. The summed E-state index contributed by atoms with van der Waals surface area (Å²) in [5, 5.41) is 0.584. The maximum absolute atomic E-state index is 13.8. The van der Waals surface area contributed by atoms with Gasteiger partial charge in [0, 0.05) is 35.9 Å². The molecular formula is C28H30N4O3S3. The van der Waals surface area contributed by atoms with E-state index in [0.29, 0.717) is 17.2 Å². The molecule has 1 aliphatic carbocycles. The second-order valence-electron chi connectivity index (χ2n) is 9.42. The van der Waals surface area contributed by atoms with Crippen LogP contribution in [0.25, 0.3) is 10.2 Å². The third kappa shape index (κ3) is 5.63. The van der Waals surface area contributed by atoms with E-state index in [1.165, 1.54) is 27.8 Å². The lowest BCUT2D eigenvalue weighted by Crippen LogP contribution is -2.38. The molecule has 2 heterocycles. The molecule has 1 aliphatic rings. The van der Waals surface area contributed by atoms with Gasteiger partial charge in [-0.2, -0.15) is 4.31 Å². The number of amides is 1. The zero-order valence-electron chi connectivity index (χ0n) is 21.4. The van der Waals surface area contributed by atoms with E-state index < -0.39 is 10.0 Å². The van der Waals surface area contributed by atoms with Crippen molar-refractivity contribution >= 4 is 54.4 Å². The van der Waals surface area contributed by atoms with Crippen LogP contribution in [0.3, 0.4) is 0 Å². The molecule has 1 fully saturated rings. The Morgan fingerprint density at radius 2 is 1.84 bits per heavy atom. The smallest absolute Gasteiger partial charge is 0.260 e. The number of nitrogens with zero attached hydrogens (tertiary/aromatic N) is 4. The van der Waals surface area contributed by atoms with Crippen molar-refractivity contribution in [2.24, 2.45) is 0 Å². The van der Waals surface area contributed by atoms with E-state index >= 15 is 0 Å². The molecule has 2 aromatic heterocycles. The number of thioether (sulfide) groups is 1. The summed E-state index contributed by atoms with van der Waals surface area (Å²) in [7, 11) is -1.98. The molecule has 0 unspecified atom stereocenters.